The highest BCUT2D eigenvalue weighted by Crippen LogP contribution is 2.28. The van der Waals surface area contributed by atoms with Crippen LogP contribution in [-0.4, -0.2) is 43.2 Å². The van der Waals surface area contributed by atoms with Gasteiger partial charge in [-0.1, -0.05) is 70.2 Å². The van der Waals surface area contributed by atoms with Crippen LogP contribution in [0.5, 0.6) is 0 Å². The van der Waals surface area contributed by atoms with Gasteiger partial charge < -0.3 is 9.38 Å². The highest BCUT2D eigenvalue weighted by Gasteiger charge is 2.27. The Morgan fingerprint density at radius 1 is 0.719 bits per heavy atom. The van der Waals surface area contributed by atoms with E-state index in [-0.39, 0.29) is 0 Å². The number of nitrogens with zero attached hydrogens (tertiary/aromatic N) is 2. The fourth-order valence-corrected chi connectivity index (χ4v) is 5.72. The maximum atomic E-state index is 2.53. The molecule has 2 nitrogen and oxygen atoms in total. The summed E-state index contributed by atoms with van der Waals surface area (Å²) in [6, 6.07) is 20.2. The first-order valence-corrected chi connectivity index (χ1v) is 13.4. The van der Waals surface area contributed by atoms with Crippen molar-refractivity contribution in [3.63, 3.8) is 0 Å². The van der Waals surface area contributed by atoms with E-state index in [2.05, 4.69) is 80.3 Å². The van der Waals surface area contributed by atoms with Gasteiger partial charge in [-0.15, -0.1) is 0 Å². The molecule has 2 aromatic rings. The van der Waals surface area contributed by atoms with E-state index in [9.17, 15) is 0 Å². The van der Waals surface area contributed by atoms with Crippen molar-refractivity contribution < 1.29 is 4.48 Å². The number of para-hydroxylation sites is 1. The van der Waals surface area contributed by atoms with Crippen LogP contribution in [-0.2, 0) is 12.8 Å². The smallest absolute Gasteiger partial charge is 0.0786 e. The number of anilines is 1. The second kappa shape index (κ2) is 14.4. The molecule has 1 saturated heterocycles. The highest BCUT2D eigenvalue weighted by molar-refractivity contribution is 5.49. The van der Waals surface area contributed by atoms with Crippen molar-refractivity contribution in [1.82, 2.24) is 0 Å². The quantitative estimate of drug-likeness (QED) is 0.405. The van der Waals surface area contributed by atoms with Crippen LogP contribution >= 0.6 is 0 Å². The Labute approximate surface area is 199 Å². The van der Waals surface area contributed by atoms with Gasteiger partial charge in [0, 0.05) is 18.3 Å². The minimum absolute atomic E-state index is 0.620. The number of rotatable bonds is 7. The average Bonchev–Trinajstić information content (AvgIpc) is 3.27. The molecule has 0 saturated carbocycles. The van der Waals surface area contributed by atoms with E-state index in [1.165, 1.54) is 92.4 Å². The van der Waals surface area contributed by atoms with Gasteiger partial charge in [-0.3, -0.25) is 0 Å². The largest absolute Gasteiger partial charge is 0.368 e. The first-order chi connectivity index (χ1) is 15.7. The topological polar surface area (TPSA) is 3.24 Å². The fourth-order valence-electron chi connectivity index (χ4n) is 5.72. The molecule has 32 heavy (non-hydrogen) atoms. The Morgan fingerprint density at radius 2 is 1.22 bits per heavy atom. The maximum Gasteiger partial charge on any atom is 0.0786 e. The van der Waals surface area contributed by atoms with Crippen LogP contribution in [0.1, 0.15) is 77.8 Å². The van der Waals surface area contributed by atoms with Crippen molar-refractivity contribution in [2.24, 2.45) is 0 Å². The molecule has 0 amide bonds. The molecule has 0 atom stereocenters. The van der Waals surface area contributed by atoms with Crippen LogP contribution in [0.25, 0.3) is 0 Å². The molecule has 4 rings (SSSR count). The normalized spacial score (nSPS) is 16.8. The summed E-state index contributed by atoms with van der Waals surface area (Å²) in [7, 11) is 0. The van der Waals surface area contributed by atoms with Crippen LogP contribution in [0.3, 0.4) is 0 Å². The molecule has 0 unspecified atom stereocenters. The summed E-state index contributed by atoms with van der Waals surface area (Å²) in [6.45, 7) is 17.7. The van der Waals surface area contributed by atoms with Crippen molar-refractivity contribution in [2.45, 2.75) is 85.6 Å². The number of benzene rings is 2. The summed E-state index contributed by atoms with van der Waals surface area (Å²) in [6.07, 6.45) is 9.51. The van der Waals surface area contributed by atoms with Gasteiger partial charge in [-0.25, -0.2) is 0 Å². The third-order valence-electron chi connectivity index (χ3n) is 7.06. The van der Waals surface area contributed by atoms with E-state index in [0.717, 1.165) is 6.54 Å². The van der Waals surface area contributed by atoms with Gasteiger partial charge >= 0.3 is 0 Å². The molecule has 178 valence electrons. The first-order valence-electron chi connectivity index (χ1n) is 13.4. The van der Waals surface area contributed by atoms with Gasteiger partial charge in [0.25, 0.3) is 0 Å². The summed E-state index contributed by atoms with van der Waals surface area (Å²) in [5.41, 5.74) is 4.39. The number of piperidine rings is 1. The van der Waals surface area contributed by atoms with Crippen LogP contribution in [0.15, 0.2) is 54.6 Å². The summed E-state index contributed by atoms with van der Waals surface area (Å²) in [5, 5.41) is 0. The molecule has 0 bridgehead atoms. The lowest BCUT2D eigenvalue weighted by atomic mass is 10.1. The van der Waals surface area contributed by atoms with Crippen LogP contribution in [0, 0.1) is 0 Å². The summed E-state index contributed by atoms with van der Waals surface area (Å²) in [5.74, 6) is 0. The van der Waals surface area contributed by atoms with Crippen LogP contribution < -0.4 is 4.90 Å². The summed E-state index contributed by atoms with van der Waals surface area (Å²) >= 11 is 0. The van der Waals surface area contributed by atoms with E-state index < -0.39 is 0 Å². The number of hydrogen-bond acceptors (Lipinski definition) is 1. The Balaban J connectivity index is 0.000000227. The number of likely N-dealkylation sites (tertiary alicyclic amines) is 1. The molecule has 2 aromatic carbocycles. The Kier molecular flexibility index (Phi) is 11.9. The lowest BCUT2D eigenvalue weighted by Gasteiger charge is -2.41. The summed E-state index contributed by atoms with van der Waals surface area (Å²) in [4.78, 5) is 2.53. The zero-order valence-corrected chi connectivity index (χ0v) is 21.7. The van der Waals surface area contributed by atoms with Crippen LogP contribution in [0.4, 0.5) is 5.69 Å². The van der Waals surface area contributed by atoms with E-state index in [0.29, 0.717) is 6.04 Å². The predicted octanol–water partition coefficient (Wildman–Crippen LogP) is 7.51. The number of hydrogen-bond donors (Lipinski definition) is 0. The fraction of sp³-hybridized carbons (Fsp3) is 0.600. The summed E-state index contributed by atoms with van der Waals surface area (Å²) < 4.78 is 1.44. The molecule has 0 aromatic heterocycles. The monoisotopic (exact) mass is 437 g/mol. The van der Waals surface area contributed by atoms with Crippen molar-refractivity contribution in [2.75, 3.05) is 37.6 Å². The SMILES string of the molecule is CC.CCC[N+]1(CCC)CCCCC1.CCN(c1ccccc1)C1Cc2ccccc2C1. The first kappa shape index (κ1) is 26.5. The predicted molar refractivity (Wildman–Crippen MR) is 143 cm³/mol. The van der Waals surface area contributed by atoms with Crippen molar-refractivity contribution in [3.05, 3.63) is 65.7 Å². The van der Waals surface area contributed by atoms with Gasteiger partial charge in [-0.2, -0.15) is 0 Å². The zero-order chi connectivity index (χ0) is 23.2. The van der Waals surface area contributed by atoms with E-state index in [1.807, 2.05) is 13.8 Å². The lowest BCUT2D eigenvalue weighted by molar-refractivity contribution is -0.932. The Hall–Kier alpha value is -1.80. The lowest BCUT2D eigenvalue weighted by Crippen LogP contribution is -2.52. The Morgan fingerprint density at radius 3 is 1.69 bits per heavy atom. The number of fused-ring (bicyclic) bond motifs is 1. The van der Waals surface area contributed by atoms with Gasteiger partial charge in [0.1, 0.15) is 0 Å². The van der Waals surface area contributed by atoms with Gasteiger partial charge in [0.05, 0.1) is 26.2 Å². The molecule has 2 aliphatic rings. The van der Waals surface area contributed by atoms with Gasteiger partial charge in [0.15, 0.2) is 0 Å². The Bertz CT molecular complexity index is 693. The molecular formula is C30H49N2+. The molecule has 2 heteroatoms. The van der Waals surface area contributed by atoms with Gasteiger partial charge in [0.2, 0.25) is 0 Å². The minimum Gasteiger partial charge on any atom is -0.368 e. The number of likely N-dealkylation sites (N-methyl/N-ethyl adjacent to an activating group) is 1. The zero-order valence-electron chi connectivity index (χ0n) is 21.7. The van der Waals surface area contributed by atoms with Crippen LogP contribution in [0.2, 0.25) is 0 Å². The van der Waals surface area contributed by atoms with Crippen molar-refractivity contribution >= 4 is 5.69 Å². The molecule has 1 fully saturated rings. The van der Waals surface area contributed by atoms with Crippen molar-refractivity contribution in [3.8, 4) is 0 Å². The minimum atomic E-state index is 0.620. The van der Waals surface area contributed by atoms with E-state index in [4.69, 9.17) is 0 Å². The molecule has 0 radical (unpaired) electrons. The molecule has 1 aliphatic heterocycles. The number of quaternary nitrogens is 1. The highest BCUT2D eigenvalue weighted by atomic mass is 15.3. The third-order valence-corrected chi connectivity index (χ3v) is 7.06. The van der Waals surface area contributed by atoms with Crippen molar-refractivity contribution in [1.29, 1.82) is 0 Å². The third kappa shape index (κ3) is 7.37. The second-order valence-corrected chi connectivity index (χ2v) is 9.25. The van der Waals surface area contributed by atoms with Gasteiger partial charge in [-0.05, 0) is 75.1 Å². The molecule has 0 N–H and O–H groups in total. The van der Waals surface area contributed by atoms with E-state index >= 15 is 0 Å². The maximum absolute atomic E-state index is 2.53. The second-order valence-electron chi connectivity index (χ2n) is 9.25. The molecule has 0 spiro atoms. The average molecular weight is 438 g/mol. The molecule has 1 heterocycles. The molecular weight excluding hydrogens is 388 g/mol. The standard InChI is InChI=1S/C17H19N.C11H24N.C2H6/c1-2-18(16-10-4-3-5-11-16)17-12-14-8-6-7-9-15(14)13-17;1-3-8-12(9-4-2)10-6-5-7-11-12;1-2/h3-11,17H,2,12-13H2,1H3;3-11H2,1-2H3;1-2H3/q;+1;. The van der Waals surface area contributed by atoms with E-state index in [1.54, 1.807) is 0 Å². The molecule has 1 aliphatic carbocycles.